The van der Waals surface area contributed by atoms with E-state index >= 15 is 0 Å². The van der Waals surface area contributed by atoms with Crippen LogP contribution in [0, 0.1) is 0 Å². The minimum atomic E-state index is -0.685. The molecule has 0 spiro atoms. The van der Waals surface area contributed by atoms with Gasteiger partial charge in [0.15, 0.2) is 0 Å². The molecular formula is C13H25NO2. The molecule has 1 aliphatic rings. The van der Waals surface area contributed by atoms with Crippen LogP contribution in [0.15, 0.2) is 0 Å². The van der Waals surface area contributed by atoms with Crippen LogP contribution in [0.2, 0.25) is 0 Å². The number of carboxylic acids is 1. The van der Waals surface area contributed by atoms with Gasteiger partial charge in [-0.25, -0.2) is 0 Å². The number of hydrogen-bond acceptors (Lipinski definition) is 2. The van der Waals surface area contributed by atoms with Gasteiger partial charge in [-0.2, -0.15) is 0 Å². The molecule has 1 atom stereocenters. The first kappa shape index (κ1) is 13.5. The fraction of sp³-hybridized carbons (Fsp3) is 0.923. The van der Waals surface area contributed by atoms with Gasteiger partial charge in [-0.3, -0.25) is 4.79 Å². The predicted molar refractivity (Wildman–Crippen MR) is 65.6 cm³/mol. The van der Waals surface area contributed by atoms with Crippen molar-refractivity contribution in [2.45, 2.75) is 70.3 Å². The normalized spacial score (nSPS) is 26.1. The average molecular weight is 227 g/mol. The van der Waals surface area contributed by atoms with E-state index in [1.54, 1.807) is 0 Å². The van der Waals surface area contributed by atoms with Gasteiger partial charge in [0.25, 0.3) is 0 Å². The third-order valence-corrected chi connectivity index (χ3v) is 3.36. The van der Waals surface area contributed by atoms with E-state index in [-0.39, 0.29) is 6.04 Å². The Kier molecular flexibility index (Phi) is 7.23. The van der Waals surface area contributed by atoms with Crippen LogP contribution in [0.25, 0.3) is 0 Å². The molecule has 0 aromatic rings. The number of hydrogen-bond donors (Lipinski definition) is 2. The Morgan fingerprint density at radius 2 is 1.38 bits per heavy atom. The quantitative estimate of drug-likeness (QED) is 0.724. The molecule has 1 rings (SSSR count). The summed E-state index contributed by atoms with van der Waals surface area (Å²) in [5.41, 5.74) is 0. The van der Waals surface area contributed by atoms with E-state index < -0.39 is 5.97 Å². The smallest absolute Gasteiger partial charge is 0.320 e. The molecule has 0 aliphatic carbocycles. The molecule has 2 N–H and O–H groups in total. The molecule has 0 amide bonds. The lowest BCUT2D eigenvalue weighted by Crippen LogP contribution is -2.37. The highest BCUT2D eigenvalue weighted by atomic mass is 16.4. The van der Waals surface area contributed by atoms with E-state index in [0.717, 1.165) is 25.8 Å². The van der Waals surface area contributed by atoms with Gasteiger partial charge < -0.3 is 10.4 Å². The zero-order valence-corrected chi connectivity index (χ0v) is 10.2. The number of carboxylic acid groups (broad SMARTS) is 1. The van der Waals surface area contributed by atoms with Crippen LogP contribution in [-0.2, 0) is 4.79 Å². The second-order valence-corrected chi connectivity index (χ2v) is 4.82. The van der Waals surface area contributed by atoms with Gasteiger partial charge in [0.1, 0.15) is 6.04 Å². The van der Waals surface area contributed by atoms with Gasteiger partial charge in [-0.05, 0) is 19.4 Å². The van der Waals surface area contributed by atoms with E-state index in [2.05, 4.69) is 5.32 Å². The maximum Gasteiger partial charge on any atom is 0.320 e. The Morgan fingerprint density at radius 1 is 0.875 bits per heavy atom. The lowest BCUT2D eigenvalue weighted by molar-refractivity contribution is -0.139. The van der Waals surface area contributed by atoms with Crippen molar-refractivity contribution in [1.82, 2.24) is 5.32 Å². The Morgan fingerprint density at radius 3 is 1.94 bits per heavy atom. The molecule has 0 aromatic carbocycles. The number of aliphatic carboxylic acids is 1. The van der Waals surface area contributed by atoms with Crippen molar-refractivity contribution in [3.8, 4) is 0 Å². The van der Waals surface area contributed by atoms with Crippen LogP contribution in [0.1, 0.15) is 64.2 Å². The largest absolute Gasteiger partial charge is 0.480 e. The van der Waals surface area contributed by atoms with Gasteiger partial charge in [-0.15, -0.1) is 0 Å². The Bertz CT molecular complexity index is 180. The topological polar surface area (TPSA) is 49.3 Å². The lowest BCUT2D eigenvalue weighted by Gasteiger charge is -2.13. The van der Waals surface area contributed by atoms with E-state index in [1.807, 2.05) is 0 Å². The van der Waals surface area contributed by atoms with Crippen molar-refractivity contribution in [3.05, 3.63) is 0 Å². The highest BCUT2D eigenvalue weighted by molar-refractivity contribution is 5.73. The first-order valence-corrected chi connectivity index (χ1v) is 6.77. The molecule has 0 aromatic heterocycles. The minimum absolute atomic E-state index is 0.319. The van der Waals surface area contributed by atoms with E-state index in [1.165, 1.54) is 44.9 Å². The third-order valence-electron chi connectivity index (χ3n) is 3.36. The zero-order chi connectivity index (χ0) is 11.6. The summed E-state index contributed by atoms with van der Waals surface area (Å²) in [5.74, 6) is -0.685. The second-order valence-electron chi connectivity index (χ2n) is 4.82. The van der Waals surface area contributed by atoms with Crippen molar-refractivity contribution in [3.63, 3.8) is 0 Å². The molecule has 0 radical (unpaired) electrons. The first-order valence-electron chi connectivity index (χ1n) is 6.77. The Balaban J connectivity index is 2.29. The number of rotatable bonds is 1. The summed E-state index contributed by atoms with van der Waals surface area (Å²) >= 11 is 0. The molecule has 1 fully saturated rings. The van der Waals surface area contributed by atoms with Gasteiger partial charge in [0.2, 0.25) is 0 Å². The van der Waals surface area contributed by atoms with Gasteiger partial charge in [0, 0.05) is 0 Å². The minimum Gasteiger partial charge on any atom is -0.480 e. The maximum absolute atomic E-state index is 11.0. The van der Waals surface area contributed by atoms with Crippen molar-refractivity contribution < 1.29 is 9.90 Å². The van der Waals surface area contributed by atoms with E-state index in [4.69, 9.17) is 5.11 Å². The SMILES string of the molecule is O=C(O)C1CCCCCCCCCCCN1. The van der Waals surface area contributed by atoms with Crippen LogP contribution in [0.3, 0.4) is 0 Å². The van der Waals surface area contributed by atoms with Crippen LogP contribution >= 0.6 is 0 Å². The third kappa shape index (κ3) is 6.11. The van der Waals surface area contributed by atoms with Crippen LogP contribution in [-0.4, -0.2) is 23.7 Å². The van der Waals surface area contributed by atoms with Crippen molar-refractivity contribution in [1.29, 1.82) is 0 Å². The summed E-state index contributed by atoms with van der Waals surface area (Å²) in [6, 6.07) is -0.319. The fourth-order valence-electron chi connectivity index (χ4n) is 2.30. The summed E-state index contributed by atoms with van der Waals surface area (Å²) in [4.78, 5) is 11.0. The Labute approximate surface area is 98.6 Å². The molecule has 0 bridgehead atoms. The highest BCUT2D eigenvalue weighted by Gasteiger charge is 2.15. The molecule has 3 heteroatoms. The molecule has 1 heterocycles. The van der Waals surface area contributed by atoms with Gasteiger partial charge in [0.05, 0.1) is 0 Å². The van der Waals surface area contributed by atoms with Crippen LogP contribution in [0.5, 0.6) is 0 Å². The molecule has 94 valence electrons. The summed E-state index contributed by atoms with van der Waals surface area (Å²) in [5, 5.41) is 12.2. The fourth-order valence-corrected chi connectivity index (χ4v) is 2.30. The van der Waals surface area contributed by atoms with Crippen molar-refractivity contribution >= 4 is 5.97 Å². The van der Waals surface area contributed by atoms with Crippen LogP contribution in [0.4, 0.5) is 0 Å². The molecule has 1 aliphatic heterocycles. The lowest BCUT2D eigenvalue weighted by atomic mass is 10.1. The van der Waals surface area contributed by atoms with E-state index in [0.29, 0.717) is 0 Å². The molecule has 3 nitrogen and oxygen atoms in total. The highest BCUT2D eigenvalue weighted by Crippen LogP contribution is 2.12. The molecular weight excluding hydrogens is 202 g/mol. The molecule has 1 unspecified atom stereocenters. The van der Waals surface area contributed by atoms with Crippen molar-refractivity contribution in [2.75, 3.05) is 6.54 Å². The number of carbonyl (C=O) groups is 1. The maximum atomic E-state index is 11.0. The molecule has 16 heavy (non-hydrogen) atoms. The molecule has 1 saturated heterocycles. The summed E-state index contributed by atoms with van der Waals surface area (Å²) in [6.07, 6.45) is 12.0. The average Bonchev–Trinajstić information content (AvgIpc) is 2.28. The summed E-state index contributed by atoms with van der Waals surface area (Å²) < 4.78 is 0. The zero-order valence-electron chi connectivity index (χ0n) is 10.2. The monoisotopic (exact) mass is 227 g/mol. The van der Waals surface area contributed by atoms with Gasteiger partial charge >= 0.3 is 5.97 Å². The van der Waals surface area contributed by atoms with Gasteiger partial charge in [-0.1, -0.05) is 51.4 Å². The second kappa shape index (κ2) is 8.57. The standard InChI is InChI=1S/C13H25NO2/c15-13(16)12-10-8-6-4-2-1-3-5-7-9-11-14-12/h12,14H,1-11H2,(H,15,16). The number of nitrogens with one attached hydrogen (secondary N) is 1. The first-order chi connectivity index (χ1) is 7.80. The van der Waals surface area contributed by atoms with Crippen molar-refractivity contribution in [2.24, 2.45) is 0 Å². The Hall–Kier alpha value is -0.570. The predicted octanol–water partition coefficient (Wildman–Crippen LogP) is 2.94. The summed E-state index contributed by atoms with van der Waals surface area (Å²) in [7, 11) is 0. The summed E-state index contributed by atoms with van der Waals surface area (Å²) in [6.45, 7) is 0.858. The molecule has 0 saturated carbocycles. The van der Waals surface area contributed by atoms with E-state index in [9.17, 15) is 4.79 Å². The van der Waals surface area contributed by atoms with Crippen LogP contribution < -0.4 is 5.32 Å².